The van der Waals surface area contributed by atoms with E-state index in [1.165, 1.54) is 0 Å². The summed E-state index contributed by atoms with van der Waals surface area (Å²) in [5, 5.41) is 12.2. The maximum absolute atomic E-state index is 14.3. The third kappa shape index (κ3) is 7.12. The molecule has 0 aliphatic carbocycles. The van der Waals surface area contributed by atoms with Crippen LogP contribution in [0.2, 0.25) is 0 Å². The fourth-order valence-corrected chi connectivity index (χ4v) is 5.74. The van der Waals surface area contributed by atoms with E-state index in [1.54, 1.807) is 0 Å². The van der Waals surface area contributed by atoms with Crippen molar-refractivity contribution in [1.29, 1.82) is 0 Å². The van der Waals surface area contributed by atoms with Crippen LogP contribution >= 0.6 is 31.9 Å². The van der Waals surface area contributed by atoms with Crippen molar-refractivity contribution in [2.45, 2.75) is 30.9 Å². The largest absolute Gasteiger partial charge is 0.494 e. The van der Waals surface area contributed by atoms with Crippen molar-refractivity contribution in [3.63, 3.8) is 0 Å². The number of ether oxygens (including phenoxy) is 2. The molecule has 0 radical (unpaired) electrons. The highest BCUT2D eigenvalue weighted by Gasteiger charge is 2.53. The number of hydrogen-bond acceptors (Lipinski definition) is 5. The molecule has 1 aliphatic rings. The Morgan fingerprint density at radius 2 is 1.62 bits per heavy atom. The molecule has 5 rings (SSSR count). The fraction of sp³-hybridized carbons (Fsp3) is 0.235. The Labute approximate surface area is 263 Å². The number of benzene rings is 4. The van der Waals surface area contributed by atoms with Gasteiger partial charge < -0.3 is 19.9 Å². The standard InChI is InChI=1S/C34H32Br2N2O4/c35-27-15-11-24(12-16-27)19-20-37-33(40)34(23-25-7-2-1-3-8-25)31(29-9-4-5-10-30(29)36)42-32(38-34)26-13-17-28(18-14-26)41-22-6-21-39/h1-5,7-18,31,39H,6,19-23H2,(H,37,40)/t31-,34-/m1/s1. The van der Waals surface area contributed by atoms with Crippen LogP contribution in [-0.2, 0) is 22.4 Å². The second-order valence-corrected chi connectivity index (χ2v) is 11.9. The Morgan fingerprint density at radius 3 is 2.33 bits per heavy atom. The van der Waals surface area contributed by atoms with Gasteiger partial charge in [0.2, 0.25) is 5.90 Å². The molecule has 0 spiro atoms. The van der Waals surface area contributed by atoms with E-state index < -0.39 is 11.6 Å². The number of aliphatic imine (C=N–C) groups is 1. The zero-order valence-corrected chi connectivity index (χ0v) is 26.2. The molecule has 0 bridgehead atoms. The van der Waals surface area contributed by atoms with Crippen molar-refractivity contribution in [2.24, 2.45) is 4.99 Å². The molecule has 0 unspecified atom stereocenters. The minimum absolute atomic E-state index is 0.0772. The van der Waals surface area contributed by atoms with Gasteiger partial charge in [-0.1, -0.05) is 92.5 Å². The molecular formula is C34H32Br2N2O4. The van der Waals surface area contributed by atoms with Crippen LogP contribution < -0.4 is 10.1 Å². The van der Waals surface area contributed by atoms with Gasteiger partial charge in [-0.15, -0.1) is 0 Å². The van der Waals surface area contributed by atoms with Crippen molar-refractivity contribution in [3.8, 4) is 5.75 Å². The molecule has 2 atom stereocenters. The van der Waals surface area contributed by atoms with Crippen molar-refractivity contribution in [2.75, 3.05) is 19.8 Å². The molecule has 2 N–H and O–H groups in total. The molecule has 42 heavy (non-hydrogen) atoms. The average Bonchev–Trinajstić information content (AvgIpc) is 3.39. The lowest BCUT2D eigenvalue weighted by molar-refractivity contribution is -0.128. The fourth-order valence-electron chi connectivity index (χ4n) is 4.98. The van der Waals surface area contributed by atoms with E-state index in [2.05, 4.69) is 37.2 Å². The summed E-state index contributed by atoms with van der Waals surface area (Å²) in [7, 11) is 0. The van der Waals surface area contributed by atoms with Gasteiger partial charge in [-0.05, 0) is 60.0 Å². The lowest BCUT2D eigenvalue weighted by Crippen LogP contribution is -2.50. The van der Waals surface area contributed by atoms with Gasteiger partial charge in [0.15, 0.2) is 11.6 Å². The summed E-state index contributed by atoms with van der Waals surface area (Å²) in [5.74, 6) is 0.897. The number of amides is 1. The van der Waals surface area contributed by atoms with Gasteiger partial charge in [-0.25, -0.2) is 4.99 Å². The molecular weight excluding hydrogens is 660 g/mol. The Bertz CT molecular complexity index is 1510. The highest BCUT2D eigenvalue weighted by molar-refractivity contribution is 9.10. The number of rotatable bonds is 12. The lowest BCUT2D eigenvalue weighted by atomic mass is 9.82. The monoisotopic (exact) mass is 690 g/mol. The molecule has 4 aromatic carbocycles. The third-order valence-corrected chi connectivity index (χ3v) is 8.40. The Morgan fingerprint density at radius 1 is 0.905 bits per heavy atom. The van der Waals surface area contributed by atoms with Gasteiger partial charge >= 0.3 is 0 Å². The zero-order chi connectivity index (χ0) is 29.4. The minimum atomic E-state index is -1.25. The van der Waals surface area contributed by atoms with Crippen LogP contribution in [0.4, 0.5) is 0 Å². The molecule has 216 valence electrons. The number of halogens is 2. The van der Waals surface area contributed by atoms with Crippen molar-refractivity contribution in [1.82, 2.24) is 5.32 Å². The highest BCUT2D eigenvalue weighted by atomic mass is 79.9. The van der Waals surface area contributed by atoms with Crippen molar-refractivity contribution < 1.29 is 19.4 Å². The van der Waals surface area contributed by atoms with Crippen LogP contribution in [0.3, 0.4) is 0 Å². The average molecular weight is 692 g/mol. The van der Waals surface area contributed by atoms with E-state index in [-0.39, 0.29) is 12.5 Å². The number of aliphatic hydroxyl groups is 1. The van der Waals surface area contributed by atoms with E-state index in [0.717, 1.165) is 31.2 Å². The maximum atomic E-state index is 14.3. The molecule has 0 fully saturated rings. The van der Waals surface area contributed by atoms with E-state index in [1.807, 2.05) is 103 Å². The van der Waals surface area contributed by atoms with E-state index >= 15 is 0 Å². The molecule has 0 saturated carbocycles. The normalized spacial score (nSPS) is 17.8. The van der Waals surface area contributed by atoms with Gasteiger partial charge in [0.1, 0.15) is 5.75 Å². The molecule has 1 amide bonds. The topological polar surface area (TPSA) is 80.2 Å². The van der Waals surface area contributed by atoms with Crippen LogP contribution in [0.25, 0.3) is 0 Å². The Hall–Kier alpha value is -3.46. The van der Waals surface area contributed by atoms with Crippen LogP contribution in [-0.4, -0.2) is 42.2 Å². The SMILES string of the molecule is O=C(NCCc1ccc(Br)cc1)[C@]1(Cc2ccccc2)N=C(c2ccc(OCCCO)cc2)O[C@@H]1c1ccccc1Br. The van der Waals surface area contributed by atoms with Crippen LogP contribution in [0, 0.1) is 0 Å². The molecule has 1 aliphatic heterocycles. The first-order chi connectivity index (χ1) is 20.5. The van der Waals surface area contributed by atoms with Crippen molar-refractivity contribution in [3.05, 3.63) is 134 Å². The summed E-state index contributed by atoms with van der Waals surface area (Å²) in [6.45, 7) is 0.969. The lowest BCUT2D eigenvalue weighted by Gasteiger charge is -2.31. The number of carbonyl (C=O) groups is 1. The summed E-state index contributed by atoms with van der Waals surface area (Å²) in [6, 6.07) is 33.3. The summed E-state index contributed by atoms with van der Waals surface area (Å²) in [5.41, 5.74) is 2.46. The quantitative estimate of drug-likeness (QED) is 0.160. The number of hydrogen-bond donors (Lipinski definition) is 2. The van der Waals surface area contributed by atoms with Gasteiger partial charge in [0.25, 0.3) is 5.91 Å². The number of nitrogens with zero attached hydrogens (tertiary/aromatic N) is 1. The molecule has 0 saturated heterocycles. The molecule has 8 heteroatoms. The maximum Gasteiger partial charge on any atom is 0.252 e. The van der Waals surface area contributed by atoms with E-state index in [4.69, 9.17) is 19.6 Å². The third-order valence-electron chi connectivity index (χ3n) is 7.15. The molecule has 1 heterocycles. The molecule has 4 aromatic rings. The molecule has 0 aromatic heterocycles. The second-order valence-electron chi connectivity index (χ2n) is 10.1. The van der Waals surface area contributed by atoms with Gasteiger partial charge in [0.05, 0.1) is 6.61 Å². The predicted octanol–water partition coefficient (Wildman–Crippen LogP) is 6.83. The first-order valence-corrected chi connectivity index (χ1v) is 15.5. The van der Waals surface area contributed by atoms with E-state index in [0.29, 0.717) is 44.1 Å². The Balaban J connectivity index is 1.50. The van der Waals surface area contributed by atoms with Crippen LogP contribution in [0.1, 0.15) is 34.8 Å². The summed E-state index contributed by atoms with van der Waals surface area (Å²) in [6.07, 6.45) is 0.936. The summed E-state index contributed by atoms with van der Waals surface area (Å²) < 4.78 is 14.2. The first-order valence-electron chi connectivity index (χ1n) is 13.9. The number of nitrogens with one attached hydrogen (secondary N) is 1. The van der Waals surface area contributed by atoms with Gasteiger partial charge in [-0.2, -0.15) is 0 Å². The van der Waals surface area contributed by atoms with Gasteiger partial charge in [-0.3, -0.25) is 4.79 Å². The number of carbonyl (C=O) groups excluding carboxylic acids is 1. The summed E-state index contributed by atoms with van der Waals surface area (Å²) >= 11 is 7.18. The Kier molecular flexibility index (Phi) is 10.1. The predicted molar refractivity (Wildman–Crippen MR) is 172 cm³/mol. The van der Waals surface area contributed by atoms with Gasteiger partial charge in [0, 0.05) is 46.1 Å². The highest BCUT2D eigenvalue weighted by Crippen LogP contribution is 2.44. The zero-order valence-electron chi connectivity index (χ0n) is 23.0. The first kappa shape index (κ1) is 30.0. The summed E-state index contributed by atoms with van der Waals surface area (Å²) in [4.78, 5) is 19.4. The smallest absolute Gasteiger partial charge is 0.252 e. The van der Waals surface area contributed by atoms with E-state index in [9.17, 15) is 4.79 Å². The van der Waals surface area contributed by atoms with Crippen molar-refractivity contribution >= 4 is 43.7 Å². The molecule has 6 nitrogen and oxygen atoms in total. The minimum Gasteiger partial charge on any atom is -0.494 e. The second kappa shape index (κ2) is 14.1. The number of aliphatic hydroxyl groups excluding tert-OH is 1. The van der Waals surface area contributed by atoms with Crippen LogP contribution in [0.5, 0.6) is 5.75 Å². The van der Waals surface area contributed by atoms with Crippen LogP contribution in [0.15, 0.2) is 117 Å².